The molecule has 0 saturated heterocycles. The highest BCUT2D eigenvalue weighted by Crippen LogP contribution is 2.36. The molecule has 2 N–H and O–H groups in total. The number of amides is 1. The molecule has 1 amide bonds. The summed E-state index contributed by atoms with van der Waals surface area (Å²) >= 11 is 5.66. The van der Waals surface area contributed by atoms with E-state index < -0.39 is 33.4 Å². The number of benzene rings is 3. The first-order chi connectivity index (χ1) is 15.3. The molecule has 0 aromatic heterocycles. The molecule has 0 radical (unpaired) electrons. The molecule has 0 spiro atoms. The van der Waals surface area contributed by atoms with E-state index >= 15 is 0 Å². The largest absolute Gasteiger partial charge is 0.418 e. The Morgan fingerprint density at radius 2 is 1.55 bits per heavy atom. The maximum atomic E-state index is 13.3. The van der Waals surface area contributed by atoms with Gasteiger partial charge in [0.2, 0.25) is 0 Å². The summed E-state index contributed by atoms with van der Waals surface area (Å²) in [6.07, 6.45) is -4.74. The standard InChI is InChI=1S/C23H20ClF3N2O3S/c1-13-5-8-18(10-15(13)3)29-33(31,32)21-11-16(6-4-14(21)2)22(30)28-20-9-7-17(24)12-19(20)23(25,26)27/h4-12,29H,1-3H3,(H,28,30). The molecule has 3 aromatic rings. The van der Waals surface area contributed by atoms with E-state index in [0.717, 1.165) is 23.3 Å². The Morgan fingerprint density at radius 3 is 2.18 bits per heavy atom. The number of sulfonamides is 1. The van der Waals surface area contributed by atoms with Gasteiger partial charge in [-0.15, -0.1) is 0 Å². The number of aryl methyl sites for hydroxylation is 3. The van der Waals surface area contributed by atoms with Crippen LogP contribution in [0.2, 0.25) is 5.02 Å². The number of carbonyl (C=O) groups is 1. The highest BCUT2D eigenvalue weighted by atomic mass is 35.5. The lowest BCUT2D eigenvalue weighted by atomic mass is 10.1. The summed E-state index contributed by atoms with van der Waals surface area (Å²) in [5.41, 5.74) is 0.879. The fourth-order valence-electron chi connectivity index (χ4n) is 3.10. The van der Waals surface area contributed by atoms with Crippen LogP contribution in [0, 0.1) is 20.8 Å². The number of nitrogens with one attached hydrogen (secondary N) is 2. The van der Waals surface area contributed by atoms with Crippen molar-refractivity contribution in [1.29, 1.82) is 0 Å². The zero-order chi connectivity index (χ0) is 24.6. The van der Waals surface area contributed by atoms with Gasteiger partial charge in [0.15, 0.2) is 0 Å². The van der Waals surface area contributed by atoms with Crippen molar-refractivity contribution in [3.63, 3.8) is 0 Å². The molecule has 3 rings (SSSR count). The first kappa shape index (κ1) is 24.6. The van der Waals surface area contributed by atoms with Crippen LogP contribution >= 0.6 is 11.6 Å². The topological polar surface area (TPSA) is 75.3 Å². The second-order valence-electron chi connectivity index (χ2n) is 7.53. The predicted molar refractivity (Wildman–Crippen MR) is 122 cm³/mol. The molecule has 0 bridgehead atoms. The molecule has 3 aromatic carbocycles. The minimum absolute atomic E-state index is 0.121. The first-order valence-corrected chi connectivity index (χ1v) is 11.5. The minimum atomic E-state index is -4.74. The second kappa shape index (κ2) is 9.07. The van der Waals surface area contributed by atoms with Crippen LogP contribution in [0.4, 0.5) is 24.5 Å². The molecular weight excluding hydrogens is 477 g/mol. The minimum Gasteiger partial charge on any atom is -0.321 e. The van der Waals surface area contributed by atoms with Crippen molar-refractivity contribution in [2.45, 2.75) is 31.8 Å². The molecule has 0 aliphatic carbocycles. The molecule has 5 nitrogen and oxygen atoms in total. The maximum Gasteiger partial charge on any atom is 0.418 e. The number of hydrogen-bond donors (Lipinski definition) is 2. The van der Waals surface area contributed by atoms with E-state index in [0.29, 0.717) is 17.3 Å². The smallest absolute Gasteiger partial charge is 0.321 e. The third kappa shape index (κ3) is 5.66. The SMILES string of the molecule is Cc1ccc(NS(=O)(=O)c2cc(C(=O)Nc3ccc(Cl)cc3C(F)(F)F)ccc2C)cc1C. The van der Waals surface area contributed by atoms with Crippen molar-refractivity contribution >= 4 is 38.9 Å². The van der Waals surface area contributed by atoms with Crippen LogP contribution in [0.5, 0.6) is 0 Å². The van der Waals surface area contributed by atoms with E-state index in [1.807, 2.05) is 13.8 Å². The number of alkyl halides is 3. The van der Waals surface area contributed by atoms with Gasteiger partial charge in [0.05, 0.1) is 16.1 Å². The zero-order valence-electron chi connectivity index (χ0n) is 17.8. The monoisotopic (exact) mass is 496 g/mol. The van der Waals surface area contributed by atoms with Crippen molar-refractivity contribution in [3.05, 3.63) is 87.4 Å². The molecular formula is C23H20ClF3N2O3S. The fraction of sp³-hybridized carbons (Fsp3) is 0.174. The van der Waals surface area contributed by atoms with E-state index in [2.05, 4.69) is 10.0 Å². The van der Waals surface area contributed by atoms with Gasteiger partial charge in [0.1, 0.15) is 0 Å². The van der Waals surface area contributed by atoms with Gasteiger partial charge in [-0.1, -0.05) is 23.7 Å². The lowest BCUT2D eigenvalue weighted by Crippen LogP contribution is -2.19. The number of rotatable bonds is 5. The molecule has 0 heterocycles. The van der Waals surface area contributed by atoms with Gasteiger partial charge in [-0.3, -0.25) is 9.52 Å². The predicted octanol–water partition coefficient (Wildman–Crippen LogP) is 6.34. The van der Waals surface area contributed by atoms with Gasteiger partial charge in [0.25, 0.3) is 15.9 Å². The second-order valence-corrected chi connectivity index (χ2v) is 9.61. The molecule has 0 saturated carbocycles. The van der Waals surface area contributed by atoms with Gasteiger partial charge in [-0.2, -0.15) is 13.2 Å². The van der Waals surface area contributed by atoms with Gasteiger partial charge in [0, 0.05) is 16.3 Å². The molecule has 0 fully saturated rings. The Labute approximate surface area is 194 Å². The molecule has 174 valence electrons. The van der Waals surface area contributed by atoms with E-state index in [1.54, 1.807) is 25.1 Å². The lowest BCUT2D eigenvalue weighted by Gasteiger charge is -2.15. The third-order valence-corrected chi connectivity index (χ3v) is 6.79. The fourth-order valence-corrected chi connectivity index (χ4v) is 4.59. The van der Waals surface area contributed by atoms with Crippen molar-refractivity contribution < 1.29 is 26.4 Å². The number of hydrogen-bond acceptors (Lipinski definition) is 3. The quantitative estimate of drug-likeness (QED) is 0.433. The highest BCUT2D eigenvalue weighted by Gasteiger charge is 2.34. The van der Waals surface area contributed by atoms with Crippen LogP contribution in [0.3, 0.4) is 0 Å². The van der Waals surface area contributed by atoms with Crippen LogP contribution in [0.1, 0.15) is 32.6 Å². The zero-order valence-corrected chi connectivity index (χ0v) is 19.4. The van der Waals surface area contributed by atoms with Gasteiger partial charge in [-0.25, -0.2) is 8.42 Å². The summed E-state index contributed by atoms with van der Waals surface area (Å²) in [6.45, 7) is 5.29. The van der Waals surface area contributed by atoms with Crippen LogP contribution in [-0.2, 0) is 16.2 Å². The molecule has 33 heavy (non-hydrogen) atoms. The Hall–Kier alpha value is -3.04. The van der Waals surface area contributed by atoms with Crippen molar-refractivity contribution in [2.75, 3.05) is 10.0 Å². The van der Waals surface area contributed by atoms with E-state index in [1.165, 1.54) is 18.2 Å². The van der Waals surface area contributed by atoms with E-state index in [-0.39, 0.29) is 15.5 Å². The average Bonchev–Trinajstić information content (AvgIpc) is 2.71. The number of carbonyl (C=O) groups excluding carboxylic acids is 1. The molecule has 0 aliphatic rings. The van der Waals surface area contributed by atoms with Crippen molar-refractivity contribution in [2.24, 2.45) is 0 Å². The van der Waals surface area contributed by atoms with E-state index in [4.69, 9.17) is 11.6 Å². The molecule has 0 unspecified atom stereocenters. The Kier molecular flexibility index (Phi) is 6.76. The normalized spacial score (nSPS) is 11.8. The molecule has 0 aliphatic heterocycles. The van der Waals surface area contributed by atoms with Crippen LogP contribution < -0.4 is 10.0 Å². The summed E-state index contributed by atoms with van der Waals surface area (Å²) in [5.74, 6) is -0.898. The Bertz CT molecular complexity index is 1340. The van der Waals surface area contributed by atoms with Crippen molar-refractivity contribution in [3.8, 4) is 0 Å². The van der Waals surface area contributed by atoms with E-state index in [9.17, 15) is 26.4 Å². The highest BCUT2D eigenvalue weighted by molar-refractivity contribution is 7.92. The average molecular weight is 497 g/mol. The molecule has 10 heteroatoms. The lowest BCUT2D eigenvalue weighted by molar-refractivity contribution is -0.136. The van der Waals surface area contributed by atoms with Gasteiger partial charge >= 0.3 is 6.18 Å². The van der Waals surface area contributed by atoms with Crippen molar-refractivity contribution in [1.82, 2.24) is 0 Å². The maximum absolute atomic E-state index is 13.3. The van der Waals surface area contributed by atoms with Crippen LogP contribution in [-0.4, -0.2) is 14.3 Å². The summed E-state index contributed by atoms with van der Waals surface area (Å²) in [4.78, 5) is 12.5. The van der Waals surface area contributed by atoms with Crippen LogP contribution in [0.25, 0.3) is 0 Å². The third-order valence-electron chi connectivity index (χ3n) is 5.03. The summed E-state index contributed by atoms with van der Waals surface area (Å²) in [7, 11) is -4.07. The Balaban J connectivity index is 1.93. The number of anilines is 2. The Morgan fingerprint density at radius 1 is 0.879 bits per heavy atom. The summed E-state index contributed by atoms with van der Waals surface area (Å²) in [6, 6.07) is 11.9. The van der Waals surface area contributed by atoms with Crippen LogP contribution in [0.15, 0.2) is 59.5 Å². The molecule has 0 atom stereocenters. The summed E-state index contributed by atoms with van der Waals surface area (Å²) < 4.78 is 68.4. The number of halogens is 4. The van der Waals surface area contributed by atoms with Gasteiger partial charge < -0.3 is 5.32 Å². The summed E-state index contributed by atoms with van der Waals surface area (Å²) in [5, 5.41) is 2.05. The van der Waals surface area contributed by atoms with Gasteiger partial charge in [-0.05, 0) is 79.9 Å². The first-order valence-electron chi connectivity index (χ1n) is 9.67.